The zero-order valence-electron chi connectivity index (χ0n) is 18.0. The lowest BCUT2D eigenvalue weighted by Gasteiger charge is -2.23. The summed E-state index contributed by atoms with van der Waals surface area (Å²) in [5.41, 5.74) is 0.422. The van der Waals surface area contributed by atoms with E-state index in [9.17, 15) is 13.2 Å². The van der Waals surface area contributed by atoms with Gasteiger partial charge in [-0.15, -0.1) is 0 Å². The number of hydrogen-bond acceptors (Lipinski definition) is 4. The number of benzene rings is 2. The number of anilines is 1. The number of rotatable bonds is 12. The standard InChI is InChI=1S/C23H32N2O4S/c1-4-6-10-19(5-2)17-24-23(26)18-25(30(3,27)28)20-13-15-22(16-14-20)29-21-11-8-7-9-12-21/h7-9,11-16,19H,4-6,10,17-18H2,1-3H3,(H,24,26)/t19-/m0/s1. The largest absolute Gasteiger partial charge is 0.457 e. The van der Waals surface area contributed by atoms with Gasteiger partial charge in [0, 0.05) is 6.54 Å². The fourth-order valence-electron chi connectivity index (χ4n) is 3.09. The van der Waals surface area contributed by atoms with Gasteiger partial charge in [-0.25, -0.2) is 8.42 Å². The van der Waals surface area contributed by atoms with Crippen molar-refractivity contribution in [3.05, 3.63) is 54.6 Å². The molecule has 0 heterocycles. The summed E-state index contributed by atoms with van der Waals surface area (Å²) in [5.74, 6) is 1.39. The molecule has 0 saturated carbocycles. The predicted molar refractivity (Wildman–Crippen MR) is 121 cm³/mol. The summed E-state index contributed by atoms with van der Waals surface area (Å²) >= 11 is 0. The molecule has 0 aliphatic carbocycles. The highest BCUT2D eigenvalue weighted by Gasteiger charge is 2.21. The van der Waals surface area contributed by atoms with Crippen LogP contribution in [0.25, 0.3) is 0 Å². The molecule has 2 aromatic rings. The molecule has 0 aliphatic rings. The van der Waals surface area contributed by atoms with E-state index in [-0.39, 0.29) is 12.5 Å². The summed E-state index contributed by atoms with van der Waals surface area (Å²) in [6, 6.07) is 16.0. The third-order valence-electron chi connectivity index (χ3n) is 4.92. The average Bonchev–Trinajstić information content (AvgIpc) is 2.73. The van der Waals surface area contributed by atoms with Crippen LogP contribution in [0.1, 0.15) is 39.5 Å². The summed E-state index contributed by atoms with van der Waals surface area (Å²) < 4.78 is 31.4. The first-order valence-corrected chi connectivity index (χ1v) is 12.3. The first-order valence-electron chi connectivity index (χ1n) is 10.4. The van der Waals surface area contributed by atoms with Crippen LogP contribution in [0.5, 0.6) is 11.5 Å². The second-order valence-corrected chi connectivity index (χ2v) is 9.31. The van der Waals surface area contributed by atoms with Crippen LogP contribution in [0.2, 0.25) is 0 Å². The quantitative estimate of drug-likeness (QED) is 0.533. The Hall–Kier alpha value is -2.54. The molecule has 0 unspecified atom stereocenters. The van der Waals surface area contributed by atoms with Gasteiger partial charge < -0.3 is 10.1 Å². The first-order chi connectivity index (χ1) is 14.3. The Bertz CT molecular complexity index is 883. The van der Waals surface area contributed by atoms with Crippen LogP contribution in [0.4, 0.5) is 5.69 Å². The maximum Gasteiger partial charge on any atom is 0.240 e. The van der Waals surface area contributed by atoms with Crippen molar-refractivity contribution < 1.29 is 17.9 Å². The molecule has 0 aromatic heterocycles. The van der Waals surface area contributed by atoms with Crippen LogP contribution in [-0.2, 0) is 14.8 Å². The van der Waals surface area contributed by atoms with Gasteiger partial charge in [0.1, 0.15) is 18.0 Å². The Morgan fingerprint density at radius 2 is 1.67 bits per heavy atom. The number of carbonyl (C=O) groups is 1. The second-order valence-electron chi connectivity index (χ2n) is 7.40. The van der Waals surface area contributed by atoms with Crippen LogP contribution in [0.3, 0.4) is 0 Å². The van der Waals surface area contributed by atoms with Gasteiger partial charge in [-0.2, -0.15) is 0 Å². The van der Waals surface area contributed by atoms with E-state index in [0.717, 1.165) is 36.2 Å². The van der Waals surface area contributed by atoms with Crippen molar-refractivity contribution in [3.63, 3.8) is 0 Å². The molecule has 0 saturated heterocycles. The minimum absolute atomic E-state index is 0.248. The number of ether oxygens (including phenoxy) is 1. The highest BCUT2D eigenvalue weighted by atomic mass is 32.2. The summed E-state index contributed by atoms with van der Waals surface area (Å²) in [7, 11) is -3.61. The first kappa shape index (κ1) is 23.7. The minimum atomic E-state index is -3.61. The van der Waals surface area contributed by atoms with E-state index in [0.29, 0.717) is 29.6 Å². The van der Waals surface area contributed by atoms with Gasteiger partial charge in [0.2, 0.25) is 15.9 Å². The molecule has 6 nitrogen and oxygen atoms in total. The van der Waals surface area contributed by atoms with Crippen LogP contribution in [-0.4, -0.2) is 33.7 Å². The fourth-order valence-corrected chi connectivity index (χ4v) is 3.95. The van der Waals surface area contributed by atoms with Gasteiger partial charge in [0.15, 0.2) is 0 Å². The molecule has 0 bridgehead atoms. The molecule has 0 radical (unpaired) electrons. The number of sulfonamides is 1. The maximum absolute atomic E-state index is 12.4. The van der Waals surface area contributed by atoms with Crippen molar-refractivity contribution in [1.29, 1.82) is 0 Å². The molecule has 30 heavy (non-hydrogen) atoms. The van der Waals surface area contributed by atoms with Gasteiger partial charge in [-0.3, -0.25) is 9.10 Å². The Morgan fingerprint density at radius 1 is 1.03 bits per heavy atom. The van der Waals surface area contributed by atoms with Crippen molar-refractivity contribution in [1.82, 2.24) is 5.32 Å². The van der Waals surface area contributed by atoms with E-state index < -0.39 is 10.0 Å². The lowest BCUT2D eigenvalue weighted by molar-refractivity contribution is -0.119. The molecule has 0 fully saturated rings. The van der Waals surface area contributed by atoms with Crippen molar-refractivity contribution >= 4 is 21.6 Å². The number of para-hydroxylation sites is 1. The molecule has 164 valence electrons. The van der Waals surface area contributed by atoms with E-state index in [1.165, 1.54) is 0 Å². The molecule has 1 amide bonds. The minimum Gasteiger partial charge on any atom is -0.457 e. The highest BCUT2D eigenvalue weighted by molar-refractivity contribution is 7.92. The summed E-state index contributed by atoms with van der Waals surface area (Å²) in [6.07, 6.45) is 5.40. The normalized spacial score (nSPS) is 12.2. The zero-order chi connectivity index (χ0) is 22.0. The van der Waals surface area contributed by atoms with Crippen LogP contribution in [0, 0.1) is 5.92 Å². The Labute approximate surface area is 180 Å². The predicted octanol–water partition coefficient (Wildman–Crippen LogP) is 4.58. The van der Waals surface area contributed by atoms with Crippen molar-refractivity contribution in [3.8, 4) is 11.5 Å². The molecular weight excluding hydrogens is 400 g/mol. The van der Waals surface area contributed by atoms with E-state index in [2.05, 4.69) is 19.2 Å². The van der Waals surface area contributed by atoms with Gasteiger partial charge in [0.05, 0.1) is 11.9 Å². The third-order valence-corrected chi connectivity index (χ3v) is 6.06. The van der Waals surface area contributed by atoms with Gasteiger partial charge in [-0.1, -0.05) is 51.3 Å². The molecular formula is C23H32N2O4S. The smallest absolute Gasteiger partial charge is 0.240 e. The van der Waals surface area contributed by atoms with Gasteiger partial charge in [-0.05, 0) is 48.7 Å². The maximum atomic E-state index is 12.4. The van der Waals surface area contributed by atoms with Gasteiger partial charge >= 0.3 is 0 Å². The molecule has 2 rings (SSSR count). The third kappa shape index (κ3) is 7.71. The SMILES string of the molecule is CCCC[C@H](CC)CNC(=O)CN(c1ccc(Oc2ccccc2)cc1)S(C)(=O)=O. The Kier molecular flexibility index (Phi) is 9.17. The molecule has 2 aromatic carbocycles. The number of nitrogens with zero attached hydrogens (tertiary/aromatic N) is 1. The summed E-state index contributed by atoms with van der Waals surface area (Å²) in [6.45, 7) is 4.57. The zero-order valence-corrected chi connectivity index (χ0v) is 18.8. The molecule has 1 N–H and O–H groups in total. The number of amides is 1. The lowest BCUT2D eigenvalue weighted by atomic mass is 9.99. The summed E-state index contributed by atoms with van der Waals surface area (Å²) in [5, 5.41) is 2.89. The second kappa shape index (κ2) is 11.6. The van der Waals surface area contributed by atoms with Crippen LogP contribution >= 0.6 is 0 Å². The number of hydrogen-bond donors (Lipinski definition) is 1. The molecule has 7 heteroatoms. The van der Waals surface area contributed by atoms with Gasteiger partial charge in [0.25, 0.3) is 0 Å². The van der Waals surface area contributed by atoms with E-state index in [1.807, 2.05) is 30.3 Å². The molecule has 0 aliphatic heterocycles. The monoisotopic (exact) mass is 432 g/mol. The number of unbranched alkanes of at least 4 members (excludes halogenated alkanes) is 1. The molecule has 1 atom stereocenters. The Balaban J connectivity index is 2.02. The van der Waals surface area contributed by atoms with Crippen molar-refractivity contribution in [2.45, 2.75) is 39.5 Å². The summed E-state index contributed by atoms with van der Waals surface area (Å²) in [4.78, 5) is 12.4. The van der Waals surface area contributed by atoms with Crippen molar-refractivity contribution in [2.75, 3.05) is 23.7 Å². The van der Waals surface area contributed by atoms with Crippen LogP contribution in [0.15, 0.2) is 54.6 Å². The van der Waals surface area contributed by atoms with E-state index in [4.69, 9.17) is 4.74 Å². The van der Waals surface area contributed by atoms with Crippen molar-refractivity contribution in [2.24, 2.45) is 5.92 Å². The Morgan fingerprint density at radius 3 is 2.23 bits per heavy atom. The van der Waals surface area contributed by atoms with E-state index >= 15 is 0 Å². The average molecular weight is 433 g/mol. The van der Waals surface area contributed by atoms with E-state index in [1.54, 1.807) is 24.3 Å². The topological polar surface area (TPSA) is 75.7 Å². The molecule has 0 spiro atoms. The number of nitrogens with one attached hydrogen (secondary N) is 1. The lowest BCUT2D eigenvalue weighted by Crippen LogP contribution is -2.41. The number of carbonyl (C=O) groups excluding carboxylic acids is 1. The highest BCUT2D eigenvalue weighted by Crippen LogP contribution is 2.25. The fraction of sp³-hybridized carbons (Fsp3) is 0.435. The van der Waals surface area contributed by atoms with Crippen LogP contribution < -0.4 is 14.4 Å².